The van der Waals surface area contributed by atoms with E-state index in [1.165, 1.54) is 21.9 Å². The minimum absolute atomic E-state index is 0.634. The van der Waals surface area contributed by atoms with E-state index in [4.69, 9.17) is 9.15 Å². The fourth-order valence-electron chi connectivity index (χ4n) is 3.22. The van der Waals surface area contributed by atoms with Gasteiger partial charge in [0, 0.05) is 17.5 Å². The zero-order chi connectivity index (χ0) is 16.2. The van der Waals surface area contributed by atoms with Crippen LogP contribution in [-0.4, -0.2) is 13.2 Å². The van der Waals surface area contributed by atoms with E-state index in [1.54, 1.807) is 6.26 Å². The van der Waals surface area contributed by atoms with Gasteiger partial charge >= 0.3 is 0 Å². The van der Waals surface area contributed by atoms with Gasteiger partial charge in [0.25, 0.3) is 0 Å². The molecule has 4 rings (SSSR count). The number of hydrogen-bond donors (Lipinski definition) is 1. The summed E-state index contributed by atoms with van der Waals surface area (Å²) < 4.78 is 11.5. The highest BCUT2D eigenvalue weighted by atomic mass is 16.5. The Hall–Kier alpha value is -2.52. The molecule has 0 saturated heterocycles. The van der Waals surface area contributed by atoms with Crippen LogP contribution in [0.2, 0.25) is 0 Å². The molecule has 1 aliphatic rings. The number of furan rings is 1. The Morgan fingerprint density at radius 3 is 3.00 bits per heavy atom. The largest absolute Gasteiger partial charge is 0.491 e. The van der Waals surface area contributed by atoms with Crippen LogP contribution in [0.25, 0.3) is 16.8 Å². The first-order valence-electron chi connectivity index (χ1n) is 8.49. The second-order valence-electron chi connectivity index (χ2n) is 6.05. The van der Waals surface area contributed by atoms with Gasteiger partial charge in [0.05, 0.1) is 12.8 Å². The van der Waals surface area contributed by atoms with Crippen LogP contribution < -0.4 is 10.1 Å². The molecule has 24 heavy (non-hydrogen) atoms. The van der Waals surface area contributed by atoms with Gasteiger partial charge in [-0.05, 0) is 35.9 Å². The van der Waals surface area contributed by atoms with Crippen molar-refractivity contribution in [3.8, 4) is 5.75 Å². The van der Waals surface area contributed by atoms with Gasteiger partial charge in [0.2, 0.25) is 0 Å². The average Bonchev–Trinajstić information content (AvgIpc) is 3.14. The summed E-state index contributed by atoms with van der Waals surface area (Å²) in [5, 5.41) is 5.79. The molecule has 1 aliphatic carbocycles. The Kier molecular flexibility index (Phi) is 4.34. The summed E-state index contributed by atoms with van der Waals surface area (Å²) >= 11 is 0. The summed E-state index contributed by atoms with van der Waals surface area (Å²) in [6.07, 6.45) is 8.33. The number of nitrogens with one attached hydrogen (secondary N) is 1. The standard InChI is InChI=1S/C21H21NO2/c1-3-9-19-16(6-1)14-17-7-2-4-10-20(17)21(19)24-13-11-22-15-18-8-5-12-23-18/h1,3-6,8-10,12,14,22H,2,7,11,13,15H2. The quantitative estimate of drug-likeness (QED) is 0.676. The fraction of sp³-hybridized carbons (Fsp3) is 0.238. The molecule has 122 valence electrons. The zero-order valence-electron chi connectivity index (χ0n) is 13.6. The van der Waals surface area contributed by atoms with Gasteiger partial charge in [0.15, 0.2) is 0 Å². The van der Waals surface area contributed by atoms with Crippen molar-refractivity contribution in [3.05, 3.63) is 71.7 Å². The van der Waals surface area contributed by atoms with Crippen molar-refractivity contribution < 1.29 is 9.15 Å². The normalized spacial score (nSPS) is 13.2. The van der Waals surface area contributed by atoms with E-state index in [2.05, 4.69) is 47.8 Å². The first-order chi connectivity index (χ1) is 11.9. The summed E-state index contributed by atoms with van der Waals surface area (Å²) in [6.45, 7) is 2.14. The van der Waals surface area contributed by atoms with Crippen LogP contribution >= 0.6 is 0 Å². The molecule has 0 fully saturated rings. The van der Waals surface area contributed by atoms with Crippen LogP contribution in [0.15, 0.2) is 59.2 Å². The third kappa shape index (κ3) is 3.08. The summed E-state index contributed by atoms with van der Waals surface area (Å²) in [5.74, 6) is 1.96. The van der Waals surface area contributed by atoms with Gasteiger partial charge in [-0.1, -0.05) is 42.5 Å². The van der Waals surface area contributed by atoms with Crippen molar-refractivity contribution in [2.45, 2.75) is 19.4 Å². The maximum atomic E-state index is 6.19. The van der Waals surface area contributed by atoms with Crippen LogP contribution in [0, 0.1) is 0 Å². The fourth-order valence-corrected chi connectivity index (χ4v) is 3.22. The third-order valence-electron chi connectivity index (χ3n) is 4.40. The molecule has 3 heteroatoms. The minimum atomic E-state index is 0.634. The van der Waals surface area contributed by atoms with Gasteiger partial charge in [-0.2, -0.15) is 0 Å². The smallest absolute Gasteiger partial charge is 0.134 e. The molecule has 2 aromatic carbocycles. The van der Waals surface area contributed by atoms with Crippen LogP contribution in [-0.2, 0) is 13.0 Å². The van der Waals surface area contributed by atoms with Crippen LogP contribution in [0.3, 0.4) is 0 Å². The number of rotatable bonds is 6. The van der Waals surface area contributed by atoms with Crippen molar-refractivity contribution in [3.63, 3.8) is 0 Å². The highest BCUT2D eigenvalue weighted by Gasteiger charge is 2.14. The molecule has 1 aromatic heterocycles. The van der Waals surface area contributed by atoms with Gasteiger partial charge in [-0.3, -0.25) is 0 Å². The molecule has 3 aromatic rings. The molecule has 0 saturated carbocycles. The molecule has 0 amide bonds. The first-order valence-corrected chi connectivity index (χ1v) is 8.49. The van der Waals surface area contributed by atoms with Crippen LogP contribution in [0.4, 0.5) is 0 Å². The van der Waals surface area contributed by atoms with Crippen molar-refractivity contribution in [2.75, 3.05) is 13.2 Å². The van der Waals surface area contributed by atoms with Crippen molar-refractivity contribution in [2.24, 2.45) is 0 Å². The van der Waals surface area contributed by atoms with E-state index in [9.17, 15) is 0 Å². The lowest BCUT2D eigenvalue weighted by molar-refractivity contribution is 0.313. The van der Waals surface area contributed by atoms with E-state index in [0.717, 1.165) is 37.4 Å². The molecule has 0 atom stereocenters. The highest BCUT2D eigenvalue weighted by Crippen LogP contribution is 2.36. The number of ether oxygens (including phenoxy) is 1. The Morgan fingerprint density at radius 2 is 2.08 bits per heavy atom. The van der Waals surface area contributed by atoms with E-state index >= 15 is 0 Å². The van der Waals surface area contributed by atoms with Gasteiger partial charge < -0.3 is 14.5 Å². The zero-order valence-corrected chi connectivity index (χ0v) is 13.6. The van der Waals surface area contributed by atoms with Crippen LogP contribution in [0.1, 0.15) is 23.3 Å². The summed E-state index contributed by atoms with van der Waals surface area (Å²) in [7, 11) is 0. The lowest BCUT2D eigenvalue weighted by atomic mass is 9.92. The maximum Gasteiger partial charge on any atom is 0.134 e. The lowest BCUT2D eigenvalue weighted by Crippen LogP contribution is -2.20. The molecular formula is C21H21NO2. The molecule has 0 unspecified atom stereocenters. The Labute approximate surface area is 141 Å². The molecule has 3 nitrogen and oxygen atoms in total. The summed E-state index contributed by atoms with van der Waals surface area (Å²) in [6, 6.07) is 14.6. The average molecular weight is 319 g/mol. The lowest BCUT2D eigenvalue weighted by Gasteiger charge is -2.18. The predicted octanol–water partition coefficient (Wildman–Crippen LogP) is 4.56. The van der Waals surface area contributed by atoms with E-state index in [1.807, 2.05) is 12.1 Å². The van der Waals surface area contributed by atoms with Gasteiger partial charge in [-0.25, -0.2) is 0 Å². The predicted molar refractivity (Wildman–Crippen MR) is 97.2 cm³/mol. The molecule has 0 spiro atoms. The molecule has 0 aliphatic heterocycles. The summed E-state index contributed by atoms with van der Waals surface area (Å²) in [5.41, 5.74) is 2.63. The van der Waals surface area contributed by atoms with E-state index in [-0.39, 0.29) is 0 Å². The van der Waals surface area contributed by atoms with Gasteiger partial charge in [0.1, 0.15) is 18.1 Å². The monoisotopic (exact) mass is 319 g/mol. The number of benzene rings is 2. The molecule has 0 radical (unpaired) electrons. The Balaban J connectivity index is 1.49. The maximum absolute atomic E-state index is 6.19. The van der Waals surface area contributed by atoms with E-state index in [0.29, 0.717) is 6.61 Å². The topological polar surface area (TPSA) is 34.4 Å². The number of fused-ring (bicyclic) bond motifs is 2. The van der Waals surface area contributed by atoms with E-state index < -0.39 is 0 Å². The highest BCUT2D eigenvalue weighted by molar-refractivity contribution is 5.93. The minimum Gasteiger partial charge on any atom is -0.491 e. The molecule has 0 bridgehead atoms. The molecule has 1 N–H and O–H groups in total. The number of allylic oxidation sites excluding steroid dienone is 1. The summed E-state index contributed by atoms with van der Waals surface area (Å²) in [4.78, 5) is 0. The first kappa shape index (κ1) is 15.0. The Bertz CT molecular complexity index is 850. The van der Waals surface area contributed by atoms with Crippen molar-refractivity contribution in [1.29, 1.82) is 0 Å². The number of aryl methyl sites for hydroxylation is 1. The van der Waals surface area contributed by atoms with Crippen molar-refractivity contribution in [1.82, 2.24) is 5.32 Å². The second-order valence-corrected chi connectivity index (χ2v) is 6.05. The molecular weight excluding hydrogens is 298 g/mol. The Morgan fingerprint density at radius 1 is 1.12 bits per heavy atom. The van der Waals surface area contributed by atoms with Crippen molar-refractivity contribution >= 4 is 16.8 Å². The SMILES string of the molecule is C1=Cc2c(cc3ccccc3c2OCCNCc2ccco2)CC1. The third-order valence-corrected chi connectivity index (χ3v) is 4.40. The van der Waals surface area contributed by atoms with Gasteiger partial charge in [-0.15, -0.1) is 0 Å². The molecule has 1 heterocycles. The second kappa shape index (κ2) is 6.93. The van der Waals surface area contributed by atoms with Crippen LogP contribution in [0.5, 0.6) is 5.75 Å². The number of hydrogen-bond acceptors (Lipinski definition) is 3.